The lowest BCUT2D eigenvalue weighted by Gasteiger charge is -2.28. The quantitative estimate of drug-likeness (QED) is 0.545. The summed E-state index contributed by atoms with van der Waals surface area (Å²) in [5, 5.41) is 9.62. The van der Waals surface area contributed by atoms with E-state index in [0.717, 1.165) is 61.8 Å². The third-order valence-electron chi connectivity index (χ3n) is 7.82. The van der Waals surface area contributed by atoms with Crippen LogP contribution in [0.3, 0.4) is 0 Å². The van der Waals surface area contributed by atoms with E-state index in [2.05, 4.69) is 40.1 Å². The van der Waals surface area contributed by atoms with Crippen LogP contribution >= 0.6 is 11.6 Å². The largest absolute Gasteiger partial charge is 0.481 e. The van der Waals surface area contributed by atoms with Gasteiger partial charge >= 0.3 is 5.97 Å². The van der Waals surface area contributed by atoms with Gasteiger partial charge in [-0.05, 0) is 68.2 Å². The van der Waals surface area contributed by atoms with E-state index in [1.54, 1.807) is 0 Å². The molecule has 0 amide bonds. The van der Waals surface area contributed by atoms with Gasteiger partial charge in [-0.15, -0.1) is 0 Å². The van der Waals surface area contributed by atoms with Crippen LogP contribution in [0.5, 0.6) is 6.01 Å². The minimum atomic E-state index is -0.695. The molecule has 3 aliphatic rings. The average molecular weight is 467 g/mol. The Morgan fingerprint density at radius 2 is 2.12 bits per heavy atom. The van der Waals surface area contributed by atoms with Gasteiger partial charge in [0.25, 0.3) is 6.01 Å². The first-order valence-corrected chi connectivity index (χ1v) is 12.1. The molecule has 33 heavy (non-hydrogen) atoms. The van der Waals surface area contributed by atoms with Crippen molar-refractivity contribution >= 4 is 34.4 Å². The Morgan fingerprint density at radius 1 is 1.30 bits per heavy atom. The molecule has 1 spiro atoms. The summed E-state index contributed by atoms with van der Waals surface area (Å²) in [5.41, 5.74) is 5.86. The number of likely N-dealkylation sites (N-methyl/N-ethyl adjacent to an activating group) is 1. The third-order valence-corrected chi connectivity index (χ3v) is 8.11. The van der Waals surface area contributed by atoms with Crippen LogP contribution in [0.25, 0.3) is 22.4 Å². The van der Waals surface area contributed by atoms with Crippen molar-refractivity contribution in [2.45, 2.75) is 51.0 Å². The number of aromatic nitrogens is 3. The summed E-state index contributed by atoms with van der Waals surface area (Å²) in [4.78, 5) is 25.8. The molecule has 0 bridgehead atoms. The van der Waals surface area contributed by atoms with Crippen molar-refractivity contribution in [1.82, 2.24) is 15.0 Å². The fourth-order valence-corrected chi connectivity index (χ4v) is 5.97. The topological polar surface area (TPSA) is 91.3 Å². The molecule has 1 aromatic carbocycles. The van der Waals surface area contributed by atoms with Crippen molar-refractivity contribution in [2.24, 2.45) is 11.3 Å². The lowest BCUT2D eigenvalue weighted by Crippen LogP contribution is -2.22. The van der Waals surface area contributed by atoms with Crippen molar-refractivity contribution in [1.29, 1.82) is 0 Å². The highest BCUT2D eigenvalue weighted by Gasteiger charge is 2.57. The predicted octanol–water partition coefficient (Wildman–Crippen LogP) is 5.07. The highest BCUT2D eigenvalue weighted by Crippen LogP contribution is 2.59. The van der Waals surface area contributed by atoms with Crippen molar-refractivity contribution in [3.8, 4) is 17.3 Å². The molecule has 1 unspecified atom stereocenters. The highest BCUT2D eigenvalue weighted by molar-refractivity contribution is 6.33. The number of imidazole rings is 1. The van der Waals surface area contributed by atoms with E-state index in [9.17, 15) is 4.79 Å². The van der Waals surface area contributed by atoms with E-state index in [4.69, 9.17) is 26.4 Å². The van der Waals surface area contributed by atoms with Gasteiger partial charge in [0.1, 0.15) is 6.10 Å². The zero-order valence-corrected chi connectivity index (χ0v) is 19.4. The number of carbonyl (C=O) groups is 1. The number of halogens is 1. The summed E-state index contributed by atoms with van der Waals surface area (Å²) in [6, 6.07) is 8.74. The molecule has 2 aromatic heterocycles. The molecule has 1 atom stereocenters. The minimum absolute atomic E-state index is 0.132. The molecular weight excluding hydrogens is 440 g/mol. The van der Waals surface area contributed by atoms with Crippen LogP contribution in [0.4, 0.5) is 5.69 Å². The smallest absolute Gasteiger partial charge is 0.303 e. The van der Waals surface area contributed by atoms with Crippen molar-refractivity contribution in [3.05, 3.63) is 34.9 Å². The van der Waals surface area contributed by atoms with Gasteiger partial charge in [-0.25, -0.2) is 4.98 Å². The fraction of sp³-hybridized carbons (Fsp3) is 0.480. The van der Waals surface area contributed by atoms with Gasteiger partial charge in [0, 0.05) is 36.7 Å². The second-order valence-electron chi connectivity index (χ2n) is 9.96. The number of carboxylic acid groups (broad SMARTS) is 1. The zero-order valence-electron chi connectivity index (χ0n) is 18.6. The maximum atomic E-state index is 11.0. The van der Waals surface area contributed by atoms with E-state index in [-0.39, 0.29) is 17.9 Å². The Bertz CT molecular complexity index is 1250. The van der Waals surface area contributed by atoms with Gasteiger partial charge in [-0.1, -0.05) is 17.7 Å². The number of benzene rings is 1. The Labute approximate surface area is 197 Å². The number of H-pyrrole nitrogens is 1. The van der Waals surface area contributed by atoms with Gasteiger partial charge < -0.3 is 19.7 Å². The van der Waals surface area contributed by atoms with Crippen LogP contribution in [-0.4, -0.2) is 45.7 Å². The van der Waals surface area contributed by atoms with E-state index >= 15 is 0 Å². The standard InChI is InChI=1S/C25H27ClN4O3/c1-30-9-6-15-11-16(2-3-19(15)30)22-17(26)12-18-23(28-22)29-24(27-18)33-20-13-25(20)7-4-14(5-8-25)10-21(31)32/h2-3,11-12,14,20H,4-10,13H2,1H3,(H,31,32)(H,27,28,29). The first-order chi connectivity index (χ1) is 15.9. The zero-order chi connectivity index (χ0) is 22.7. The van der Waals surface area contributed by atoms with E-state index in [0.29, 0.717) is 22.6 Å². The highest BCUT2D eigenvalue weighted by atomic mass is 35.5. The molecule has 8 heteroatoms. The normalized spacial score (nSPS) is 26.1. The van der Waals surface area contributed by atoms with E-state index in [1.165, 1.54) is 11.3 Å². The molecular formula is C25H27ClN4O3. The van der Waals surface area contributed by atoms with Gasteiger partial charge in [-0.2, -0.15) is 4.98 Å². The first kappa shape index (κ1) is 20.8. The Hall–Kier alpha value is -2.80. The molecule has 2 fully saturated rings. The lowest BCUT2D eigenvalue weighted by molar-refractivity contribution is -0.138. The number of hydrogen-bond acceptors (Lipinski definition) is 5. The number of rotatable bonds is 5. The SMILES string of the molecule is CN1CCc2cc(-c3nc4nc(OC5CC56CCC(CC(=O)O)CC6)[nH]c4cc3Cl)ccc21. The molecule has 7 nitrogen and oxygen atoms in total. The van der Waals surface area contributed by atoms with Gasteiger partial charge in [0.05, 0.1) is 16.2 Å². The summed E-state index contributed by atoms with van der Waals surface area (Å²) in [6.07, 6.45) is 6.42. The first-order valence-electron chi connectivity index (χ1n) is 11.7. The molecule has 3 heterocycles. The maximum Gasteiger partial charge on any atom is 0.303 e. The molecule has 3 aromatic rings. The number of aliphatic carboxylic acids is 1. The fourth-order valence-electron chi connectivity index (χ4n) is 5.71. The van der Waals surface area contributed by atoms with Crippen molar-refractivity contribution < 1.29 is 14.6 Å². The molecule has 6 rings (SSSR count). The van der Waals surface area contributed by atoms with Crippen LogP contribution in [-0.2, 0) is 11.2 Å². The summed E-state index contributed by atoms with van der Waals surface area (Å²) in [7, 11) is 2.11. The molecule has 1 aliphatic heterocycles. The minimum Gasteiger partial charge on any atom is -0.481 e. The van der Waals surface area contributed by atoms with E-state index < -0.39 is 5.97 Å². The van der Waals surface area contributed by atoms with E-state index in [1.807, 2.05) is 6.07 Å². The Morgan fingerprint density at radius 3 is 2.91 bits per heavy atom. The summed E-state index contributed by atoms with van der Waals surface area (Å²) in [6.45, 7) is 1.03. The summed E-state index contributed by atoms with van der Waals surface area (Å²) < 4.78 is 6.21. The second kappa shape index (κ2) is 7.62. The molecule has 2 saturated carbocycles. The molecule has 172 valence electrons. The summed E-state index contributed by atoms with van der Waals surface area (Å²) >= 11 is 6.61. The molecule has 2 N–H and O–H groups in total. The number of anilines is 1. The van der Waals surface area contributed by atoms with Gasteiger partial charge in [0.15, 0.2) is 5.65 Å². The number of ether oxygens (including phenoxy) is 1. The van der Waals surface area contributed by atoms with Crippen LogP contribution in [0.2, 0.25) is 5.02 Å². The number of pyridine rings is 1. The van der Waals surface area contributed by atoms with Gasteiger partial charge in [0.2, 0.25) is 0 Å². The second-order valence-corrected chi connectivity index (χ2v) is 10.4. The summed E-state index contributed by atoms with van der Waals surface area (Å²) in [5.74, 6) is -0.399. The van der Waals surface area contributed by atoms with Crippen molar-refractivity contribution in [2.75, 3.05) is 18.5 Å². The average Bonchev–Trinajstić information content (AvgIpc) is 3.09. The molecule has 0 saturated heterocycles. The number of nitrogens with zero attached hydrogens (tertiary/aromatic N) is 3. The number of nitrogens with one attached hydrogen (secondary N) is 1. The van der Waals surface area contributed by atoms with Gasteiger partial charge in [-0.3, -0.25) is 4.79 Å². The maximum absolute atomic E-state index is 11.0. The van der Waals surface area contributed by atoms with Crippen LogP contribution in [0.1, 0.15) is 44.1 Å². The van der Waals surface area contributed by atoms with Crippen LogP contribution < -0.4 is 9.64 Å². The molecule has 0 radical (unpaired) electrons. The lowest BCUT2D eigenvalue weighted by atomic mass is 9.78. The predicted molar refractivity (Wildman–Crippen MR) is 127 cm³/mol. The van der Waals surface area contributed by atoms with Crippen molar-refractivity contribution in [3.63, 3.8) is 0 Å². The number of fused-ring (bicyclic) bond motifs is 2. The Kier molecular flexibility index (Phi) is 4.80. The monoisotopic (exact) mass is 466 g/mol. The van der Waals surface area contributed by atoms with Crippen LogP contribution in [0, 0.1) is 11.3 Å². The number of carboxylic acids is 1. The number of hydrogen-bond donors (Lipinski definition) is 2. The van der Waals surface area contributed by atoms with Crippen LogP contribution in [0.15, 0.2) is 24.3 Å². The third kappa shape index (κ3) is 3.72. The Balaban J connectivity index is 1.19. The molecule has 2 aliphatic carbocycles. The number of aromatic amines is 1.